The maximum atomic E-state index is 13.1. The lowest BCUT2D eigenvalue weighted by Crippen LogP contribution is -2.28. The third kappa shape index (κ3) is 7.42. The number of nitrogens with zero attached hydrogens (tertiary/aromatic N) is 1. The molecule has 0 saturated heterocycles. The maximum Gasteiger partial charge on any atom is 0.422 e. The summed E-state index contributed by atoms with van der Waals surface area (Å²) in [5.74, 6) is -0.173. The molecule has 0 fully saturated rings. The molecule has 1 aliphatic carbocycles. The second-order valence-electron chi connectivity index (χ2n) is 6.21. The lowest BCUT2D eigenvalue weighted by molar-refractivity contribution is -0.154. The molecule has 3 N–H and O–H groups in total. The number of fused-ring (bicyclic) bond motifs is 1. The quantitative estimate of drug-likeness (QED) is 0.766. The number of halogens is 4. The molecule has 0 atom stereocenters. The molecule has 0 aliphatic heterocycles. The molecule has 0 spiro atoms. The van der Waals surface area contributed by atoms with E-state index in [2.05, 4.69) is 15.0 Å². The first-order valence-corrected chi connectivity index (χ1v) is 8.68. The van der Waals surface area contributed by atoms with Gasteiger partial charge in [-0.3, -0.25) is 0 Å². The Labute approximate surface area is 159 Å². The highest BCUT2D eigenvalue weighted by atomic mass is 19.4. The van der Waals surface area contributed by atoms with Gasteiger partial charge in [0, 0.05) is 18.8 Å². The molecule has 5 nitrogen and oxygen atoms in total. The van der Waals surface area contributed by atoms with E-state index in [0.29, 0.717) is 5.56 Å². The van der Waals surface area contributed by atoms with Crippen molar-refractivity contribution in [2.45, 2.75) is 38.4 Å². The Morgan fingerprint density at radius 1 is 1.21 bits per heavy atom. The molecule has 0 bridgehead atoms. The van der Waals surface area contributed by atoms with E-state index in [4.69, 9.17) is 5.73 Å². The molecule has 1 aliphatic rings. The number of benzene rings is 1. The van der Waals surface area contributed by atoms with Gasteiger partial charge < -0.3 is 15.8 Å². The smallest absolute Gasteiger partial charge is 0.422 e. The first kappa shape index (κ1) is 21.5. The Bertz CT molecular complexity index is 797. The fourth-order valence-corrected chi connectivity index (χ4v) is 2.72. The van der Waals surface area contributed by atoms with Crippen LogP contribution in [0.5, 0.6) is 5.88 Å². The van der Waals surface area contributed by atoms with Crippen LogP contribution in [0.15, 0.2) is 36.5 Å². The summed E-state index contributed by atoms with van der Waals surface area (Å²) in [4.78, 5) is 14.0. The van der Waals surface area contributed by atoms with E-state index in [9.17, 15) is 22.4 Å². The molecule has 2 aromatic rings. The Hall–Kier alpha value is -2.84. The number of rotatable bonds is 4. The van der Waals surface area contributed by atoms with Gasteiger partial charge in [-0.25, -0.2) is 14.2 Å². The third-order valence-corrected chi connectivity index (χ3v) is 3.99. The highest BCUT2D eigenvalue weighted by Gasteiger charge is 2.28. The summed E-state index contributed by atoms with van der Waals surface area (Å²) in [6, 6.07) is 7.50. The van der Waals surface area contributed by atoms with Crippen LogP contribution in [-0.4, -0.2) is 23.8 Å². The second kappa shape index (κ2) is 9.91. The predicted molar refractivity (Wildman–Crippen MR) is 95.3 cm³/mol. The Kier molecular flexibility index (Phi) is 7.60. The van der Waals surface area contributed by atoms with E-state index < -0.39 is 18.8 Å². The van der Waals surface area contributed by atoms with Crippen molar-refractivity contribution in [2.24, 2.45) is 5.73 Å². The van der Waals surface area contributed by atoms with Gasteiger partial charge in [0.15, 0.2) is 6.61 Å². The maximum absolute atomic E-state index is 13.1. The van der Waals surface area contributed by atoms with Crippen LogP contribution in [0.1, 0.15) is 29.5 Å². The highest BCUT2D eigenvalue weighted by molar-refractivity contribution is 5.71. The number of hydrogen-bond acceptors (Lipinski definition) is 3. The summed E-state index contributed by atoms with van der Waals surface area (Å²) in [5.41, 5.74) is 7.56. The van der Waals surface area contributed by atoms with Gasteiger partial charge in [0.2, 0.25) is 5.88 Å². The summed E-state index contributed by atoms with van der Waals surface area (Å²) in [7, 11) is 0. The van der Waals surface area contributed by atoms with E-state index in [1.807, 2.05) is 6.07 Å². The molecule has 0 saturated carbocycles. The standard InChI is InChI=1S/C10H11F.C9H10F3N3O2/c11-10-7-3-5-8-4-1-2-6-9(8)10;10-9(11,12)5-17-7-3-6(1-2-14-7)4-15-8(13)16/h3,5,7H,1-2,4,6H2;1-3H,4-5H2,(H3,13,15,16). The van der Waals surface area contributed by atoms with Crippen LogP contribution in [0.3, 0.4) is 0 Å². The van der Waals surface area contributed by atoms with Crippen molar-refractivity contribution in [2.75, 3.05) is 6.61 Å². The van der Waals surface area contributed by atoms with E-state index in [1.54, 1.807) is 12.1 Å². The van der Waals surface area contributed by atoms with Gasteiger partial charge in [0.1, 0.15) is 5.82 Å². The molecule has 9 heteroatoms. The molecular formula is C19H21F4N3O2. The number of ether oxygens (including phenoxy) is 1. The average Bonchev–Trinajstić information content (AvgIpc) is 2.66. The van der Waals surface area contributed by atoms with Gasteiger partial charge in [-0.1, -0.05) is 12.1 Å². The predicted octanol–water partition coefficient (Wildman–Crippen LogP) is 3.90. The molecule has 1 heterocycles. The van der Waals surface area contributed by atoms with Crippen molar-refractivity contribution < 1.29 is 27.1 Å². The number of hydrogen-bond donors (Lipinski definition) is 2. The number of nitrogens with two attached hydrogens (primary N) is 1. The van der Waals surface area contributed by atoms with Crippen LogP contribution in [0.4, 0.5) is 22.4 Å². The number of amides is 2. The lowest BCUT2D eigenvalue weighted by Gasteiger charge is -2.15. The number of pyridine rings is 1. The largest absolute Gasteiger partial charge is 0.468 e. The number of nitrogens with one attached hydrogen (secondary N) is 1. The fourth-order valence-electron chi connectivity index (χ4n) is 2.72. The molecule has 152 valence electrons. The number of aryl methyl sites for hydroxylation is 1. The minimum atomic E-state index is -4.41. The number of urea groups is 1. The monoisotopic (exact) mass is 399 g/mol. The lowest BCUT2D eigenvalue weighted by atomic mass is 9.91. The molecule has 1 aromatic heterocycles. The highest BCUT2D eigenvalue weighted by Crippen LogP contribution is 2.23. The van der Waals surface area contributed by atoms with Gasteiger partial charge >= 0.3 is 12.2 Å². The third-order valence-electron chi connectivity index (χ3n) is 3.99. The van der Waals surface area contributed by atoms with Gasteiger partial charge in [-0.2, -0.15) is 13.2 Å². The number of aromatic nitrogens is 1. The average molecular weight is 399 g/mol. The Balaban J connectivity index is 0.000000218. The molecular weight excluding hydrogens is 378 g/mol. The van der Waals surface area contributed by atoms with Crippen molar-refractivity contribution >= 4 is 6.03 Å². The van der Waals surface area contributed by atoms with Crippen molar-refractivity contribution in [3.8, 4) is 5.88 Å². The van der Waals surface area contributed by atoms with Crippen molar-refractivity contribution in [1.29, 1.82) is 0 Å². The Morgan fingerprint density at radius 3 is 2.64 bits per heavy atom. The zero-order valence-electron chi connectivity index (χ0n) is 15.1. The van der Waals surface area contributed by atoms with Crippen LogP contribution in [0.25, 0.3) is 0 Å². The molecule has 0 radical (unpaired) electrons. The molecule has 0 unspecified atom stereocenters. The number of primary amides is 1. The summed E-state index contributed by atoms with van der Waals surface area (Å²) < 4.78 is 53.1. The van der Waals surface area contributed by atoms with Crippen LogP contribution in [0, 0.1) is 5.82 Å². The van der Waals surface area contributed by atoms with Gasteiger partial charge in [0.05, 0.1) is 0 Å². The topological polar surface area (TPSA) is 77.2 Å². The first-order chi connectivity index (χ1) is 13.2. The molecule has 1 aromatic carbocycles. The van der Waals surface area contributed by atoms with Crippen LogP contribution in [-0.2, 0) is 19.4 Å². The normalized spacial score (nSPS) is 13.0. The summed E-state index contributed by atoms with van der Waals surface area (Å²) >= 11 is 0. The zero-order valence-corrected chi connectivity index (χ0v) is 15.1. The number of carbonyl (C=O) groups excluding carboxylic acids is 1. The molecule has 3 rings (SSSR count). The molecule has 28 heavy (non-hydrogen) atoms. The summed E-state index contributed by atoms with van der Waals surface area (Å²) in [6.07, 6.45) is 1.23. The van der Waals surface area contributed by atoms with Crippen molar-refractivity contribution in [3.63, 3.8) is 0 Å². The SMILES string of the molecule is Fc1cccc2c1CCCC2.NC(=O)NCc1ccnc(OCC(F)(F)F)c1. The number of carbonyl (C=O) groups is 1. The summed E-state index contributed by atoms with van der Waals surface area (Å²) in [5, 5.41) is 2.29. The second-order valence-corrected chi connectivity index (χ2v) is 6.21. The summed E-state index contributed by atoms with van der Waals surface area (Å²) in [6.45, 7) is -1.31. The van der Waals surface area contributed by atoms with Crippen LogP contribution < -0.4 is 15.8 Å². The van der Waals surface area contributed by atoms with Gasteiger partial charge in [-0.15, -0.1) is 0 Å². The minimum Gasteiger partial charge on any atom is -0.468 e. The van der Waals surface area contributed by atoms with Crippen molar-refractivity contribution in [3.05, 3.63) is 59.0 Å². The van der Waals surface area contributed by atoms with Gasteiger partial charge in [0.25, 0.3) is 0 Å². The Morgan fingerprint density at radius 2 is 1.96 bits per heavy atom. The zero-order chi connectivity index (χ0) is 20.6. The first-order valence-electron chi connectivity index (χ1n) is 8.68. The van der Waals surface area contributed by atoms with Crippen molar-refractivity contribution in [1.82, 2.24) is 10.3 Å². The van der Waals surface area contributed by atoms with Crippen LogP contribution >= 0.6 is 0 Å². The minimum absolute atomic E-state index is 0.0119. The van der Waals surface area contributed by atoms with E-state index in [1.165, 1.54) is 30.3 Å². The van der Waals surface area contributed by atoms with Gasteiger partial charge in [-0.05, 0) is 54.5 Å². The van der Waals surface area contributed by atoms with Crippen LogP contribution in [0.2, 0.25) is 0 Å². The van der Waals surface area contributed by atoms with E-state index in [-0.39, 0.29) is 18.2 Å². The molecule has 2 amide bonds. The number of alkyl halides is 3. The van der Waals surface area contributed by atoms with E-state index >= 15 is 0 Å². The fraction of sp³-hybridized carbons (Fsp3) is 0.368. The van der Waals surface area contributed by atoms with E-state index in [0.717, 1.165) is 24.8 Å².